The maximum Gasteiger partial charge on any atom is 0.226 e. The molecule has 1 atom stereocenters. The first-order valence-corrected chi connectivity index (χ1v) is 7.97. The number of aryl methyl sites for hydroxylation is 1. The van der Waals surface area contributed by atoms with Crippen molar-refractivity contribution in [2.75, 3.05) is 13.1 Å². The number of carbonyl (C=O) groups excluding carboxylic acids is 1. The Bertz CT molecular complexity index is 591. The third-order valence-corrected chi connectivity index (χ3v) is 3.91. The van der Waals surface area contributed by atoms with E-state index in [9.17, 15) is 4.79 Å². The van der Waals surface area contributed by atoms with E-state index in [1.54, 1.807) is 0 Å². The average molecular weight is 307 g/mol. The zero-order valence-corrected chi connectivity index (χ0v) is 13.4. The molecular formula is C15H21N3O2S. The molecule has 0 unspecified atom stereocenters. The standard InChI is InChI=1S/C15H21N3O2S/c1-4-16-10(2)8-17-14(19)7-12-9-21-15(18-12)13-6-5-11(3)20-13/h5-6,9-10,16H,4,7-8H2,1-3H3,(H,17,19)/t10-/m1/s1. The summed E-state index contributed by atoms with van der Waals surface area (Å²) in [6, 6.07) is 4.08. The summed E-state index contributed by atoms with van der Waals surface area (Å²) >= 11 is 1.49. The topological polar surface area (TPSA) is 67.2 Å². The second kappa shape index (κ2) is 7.38. The Labute approximate surface area is 128 Å². The van der Waals surface area contributed by atoms with Gasteiger partial charge in [-0.3, -0.25) is 4.79 Å². The molecule has 21 heavy (non-hydrogen) atoms. The van der Waals surface area contributed by atoms with Crippen LogP contribution in [0.3, 0.4) is 0 Å². The summed E-state index contributed by atoms with van der Waals surface area (Å²) in [5.74, 6) is 1.61. The molecule has 0 aliphatic carbocycles. The van der Waals surface area contributed by atoms with E-state index < -0.39 is 0 Å². The highest BCUT2D eigenvalue weighted by Gasteiger charge is 2.11. The first-order chi connectivity index (χ1) is 10.1. The molecule has 0 saturated carbocycles. The zero-order valence-electron chi connectivity index (χ0n) is 12.6. The van der Waals surface area contributed by atoms with Gasteiger partial charge in [-0.2, -0.15) is 0 Å². The average Bonchev–Trinajstić information content (AvgIpc) is 3.06. The summed E-state index contributed by atoms with van der Waals surface area (Å²) in [5, 5.41) is 8.88. The Morgan fingerprint density at radius 1 is 1.48 bits per heavy atom. The molecule has 2 heterocycles. The molecule has 2 aromatic rings. The highest BCUT2D eigenvalue weighted by atomic mass is 32.1. The Morgan fingerprint density at radius 3 is 2.95 bits per heavy atom. The minimum absolute atomic E-state index is 0.00720. The van der Waals surface area contributed by atoms with Crippen molar-refractivity contribution in [1.29, 1.82) is 0 Å². The van der Waals surface area contributed by atoms with Crippen molar-refractivity contribution in [1.82, 2.24) is 15.6 Å². The van der Waals surface area contributed by atoms with Gasteiger partial charge in [0.25, 0.3) is 0 Å². The van der Waals surface area contributed by atoms with Crippen LogP contribution in [-0.2, 0) is 11.2 Å². The van der Waals surface area contributed by atoms with Gasteiger partial charge in [-0.05, 0) is 32.5 Å². The van der Waals surface area contributed by atoms with Gasteiger partial charge in [-0.1, -0.05) is 6.92 Å². The third kappa shape index (κ3) is 4.68. The van der Waals surface area contributed by atoms with Crippen molar-refractivity contribution in [2.45, 2.75) is 33.2 Å². The number of amides is 1. The largest absolute Gasteiger partial charge is 0.459 e. The Hall–Kier alpha value is -1.66. The summed E-state index contributed by atoms with van der Waals surface area (Å²) in [6.45, 7) is 7.52. The zero-order chi connectivity index (χ0) is 15.2. The van der Waals surface area contributed by atoms with Crippen LogP contribution in [0.25, 0.3) is 10.8 Å². The Kier molecular flexibility index (Phi) is 5.52. The number of aromatic nitrogens is 1. The summed E-state index contributed by atoms with van der Waals surface area (Å²) in [5.41, 5.74) is 0.776. The molecule has 0 aromatic carbocycles. The lowest BCUT2D eigenvalue weighted by molar-refractivity contribution is -0.120. The van der Waals surface area contributed by atoms with Crippen molar-refractivity contribution in [2.24, 2.45) is 0 Å². The van der Waals surface area contributed by atoms with E-state index in [4.69, 9.17) is 4.42 Å². The number of likely N-dealkylation sites (N-methyl/N-ethyl adjacent to an activating group) is 1. The van der Waals surface area contributed by atoms with E-state index in [1.807, 2.05) is 38.3 Å². The summed E-state index contributed by atoms with van der Waals surface area (Å²) in [6.07, 6.45) is 0.301. The summed E-state index contributed by atoms with van der Waals surface area (Å²) in [4.78, 5) is 16.3. The quantitative estimate of drug-likeness (QED) is 0.824. The lowest BCUT2D eigenvalue weighted by Gasteiger charge is -2.12. The maximum atomic E-state index is 11.9. The minimum Gasteiger partial charge on any atom is -0.459 e. The van der Waals surface area contributed by atoms with Gasteiger partial charge < -0.3 is 15.1 Å². The molecule has 0 fully saturated rings. The fourth-order valence-corrected chi connectivity index (χ4v) is 2.74. The molecule has 1 amide bonds. The molecule has 0 aliphatic rings. The van der Waals surface area contributed by atoms with Gasteiger partial charge in [-0.25, -0.2) is 4.98 Å². The van der Waals surface area contributed by atoms with Crippen LogP contribution in [0.2, 0.25) is 0 Å². The lowest BCUT2D eigenvalue weighted by Crippen LogP contribution is -2.39. The lowest BCUT2D eigenvalue weighted by atomic mass is 10.3. The van der Waals surface area contributed by atoms with Crippen LogP contribution in [0, 0.1) is 6.92 Å². The molecule has 0 bridgehead atoms. The van der Waals surface area contributed by atoms with Gasteiger partial charge in [-0.15, -0.1) is 11.3 Å². The van der Waals surface area contributed by atoms with Gasteiger partial charge >= 0.3 is 0 Å². The molecule has 6 heteroatoms. The predicted octanol–water partition coefficient (Wildman–Crippen LogP) is 2.37. The number of nitrogens with one attached hydrogen (secondary N) is 2. The normalized spacial score (nSPS) is 12.3. The first kappa shape index (κ1) is 15.7. The van der Waals surface area contributed by atoms with Crippen molar-refractivity contribution < 1.29 is 9.21 Å². The highest BCUT2D eigenvalue weighted by Crippen LogP contribution is 2.25. The monoisotopic (exact) mass is 307 g/mol. The third-order valence-electron chi connectivity index (χ3n) is 3.00. The van der Waals surface area contributed by atoms with E-state index in [1.165, 1.54) is 11.3 Å². The SMILES string of the molecule is CCN[C@H](C)CNC(=O)Cc1csc(-c2ccc(C)o2)n1. The number of nitrogens with zero attached hydrogens (tertiary/aromatic N) is 1. The molecular weight excluding hydrogens is 286 g/mol. The van der Waals surface area contributed by atoms with Crippen molar-refractivity contribution >= 4 is 17.2 Å². The van der Waals surface area contributed by atoms with Crippen LogP contribution >= 0.6 is 11.3 Å². The molecule has 2 rings (SSSR count). The number of furan rings is 1. The predicted molar refractivity (Wildman–Crippen MR) is 84.4 cm³/mol. The van der Waals surface area contributed by atoms with Crippen LogP contribution in [-0.4, -0.2) is 30.0 Å². The molecule has 0 saturated heterocycles. The fourth-order valence-electron chi connectivity index (χ4n) is 1.97. The van der Waals surface area contributed by atoms with E-state index in [0.29, 0.717) is 13.0 Å². The second-order valence-electron chi connectivity index (χ2n) is 4.99. The molecule has 2 aromatic heterocycles. The second-order valence-corrected chi connectivity index (χ2v) is 5.85. The first-order valence-electron chi connectivity index (χ1n) is 7.09. The molecule has 5 nitrogen and oxygen atoms in total. The Balaban J connectivity index is 1.86. The van der Waals surface area contributed by atoms with Gasteiger partial charge in [0.05, 0.1) is 12.1 Å². The van der Waals surface area contributed by atoms with Gasteiger partial charge in [0, 0.05) is 18.0 Å². The number of rotatable bonds is 7. The maximum absolute atomic E-state index is 11.9. The van der Waals surface area contributed by atoms with Crippen molar-refractivity contribution in [3.8, 4) is 10.8 Å². The van der Waals surface area contributed by atoms with E-state index in [-0.39, 0.29) is 11.9 Å². The van der Waals surface area contributed by atoms with Crippen LogP contribution < -0.4 is 10.6 Å². The van der Waals surface area contributed by atoms with E-state index in [2.05, 4.69) is 15.6 Å². The molecule has 0 spiro atoms. The van der Waals surface area contributed by atoms with Crippen LogP contribution in [0.1, 0.15) is 25.3 Å². The van der Waals surface area contributed by atoms with E-state index in [0.717, 1.165) is 28.8 Å². The van der Waals surface area contributed by atoms with Crippen molar-refractivity contribution in [3.63, 3.8) is 0 Å². The highest BCUT2D eigenvalue weighted by molar-refractivity contribution is 7.13. The van der Waals surface area contributed by atoms with Crippen LogP contribution in [0.4, 0.5) is 0 Å². The number of thiazole rings is 1. The van der Waals surface area contributed by atoms with Crippen LogP contribution in [0.15, 0.2) is 21.9 Å². The number of hydrogen-bond acceptors (Lipinski definition) is 5. The number of carbonyl (C=O) groups is 1. The molecule has 2 N–H and O–H groups in total. The molecule has 114 valence electrons. The summed E-state index contributed by atoms with van der Waals surface area (Å²) in [7, 11) is 0. The van der Waals surface area contributed by atoms with Gasteiger partial charge in [0.1, 0.15) is 5.76 Å². The molecule has 0 aliphatic heterocycles. The smallest absolute Gasteiger partial charge is 0.226 e. The summed E-state index contributed by atoms with van der Waals surface area (Å²) < 4.78 is 5.53. The Morgan fingerprint density at radius 2 is 2.29 bits per heavy atom. The minimum atomic E-state index is -0.00720. The van der Waals surface area contributed by atoms with E-state index >= 15 is 0 Å². The van der Waals surface area contributed by atoms with Gasteiger partial charge in [0.15, 0.2) is 10.8 Å². The fraction of sp³-hybridized carbons (Fsp3) is 0.467. The molecule has 0 radical (unpaired) electrons. The van der Waals surface area contributed by atoms with Crippen molar-refractivity contribution in [3.05, 3.63) is 29.0 Å². The van der Waals surface area contributed by atoms with Crippen LogP contribution in [0.5, 0.6) is 0 Å². The number of hydrogen-bond donors (Lipinski definition) is 2. The van der Waals surface area contributed by atoms with Gasteiger partial charge in [0.2, 0.25) is 5.91 Å².